The van der Waals surface area contributed by atoms with Crippen LogP contribution < -0.4 is 11.0 Å². The molecule has 0 fully saturated rings. The van der Waals surface area contributed by atoms with Crippen LogP contribution in [0, 0.1) is 0 Å². The minimum Gasteiger partial charge on any atom is -0.398 e. The topological polar surface area (TPSA) is 26.0 Å². The lowest BCUT2D eigenvalue weighted by molar-refractivity contribution is 1.52. The Balaban J connectivity index is 2.03. The standard InChI is InChI=1S/C21H20NP/c1-2-3-5-10-17-15-23(18-11-6-4-7-12-18)16-20(17)19-13-8-9-14-21(19)22/h2-14,16H,1,15,22H2/b5-3-,17-10+. The van der Waals surface area contributed by atoms with Crippen LogP contribution in [0.4, 0.5) is 5.69 Å². The molecule has 0 radical (unpaired) electrons. The minimum atomic E-state index is -0.321. The van der Waals surface area contributed by atoms with Gasteiger partial charge in [-0.1, -0.05) is 79.4 Å². The van der Waals surface area contributed by atoms with Crippen molar-refractivity contribution in [1.82, 2.24) is 0 Å². The SMILES string of the molecule is C=C/C=C\C=C1/CP(c2ccccc2)C=C1c1ccccc1N. The summed E-state index contributed by atoms with van der Waals surface area (Å²) in [4.78, 5) is 0. The van der Waals surface area contributed by atoms with Crippen LogP contribution in [-0.2, 0) is 0 Å². The van der Waals surface area contributed by atoms with Crippen molar-refractivity contribution in [1.29, 1.82) is 0 Å². The van der Waals surface area contributed by atoms with E-state index in [1.165, 1.54) is 16.5 Å². The van der Waals surface area contributed by atoms with Crippen molar-refractivity contribution in [2.45, 2.75) is 0 Å². The molecule has 1 aliphatic heterocycles. The number of allylic oxidation sites excluding steroid dienone is 6. The van der Waals surface area contributed by atoms with Crippen molar-refractivity contribution in [3.63, 3.8) is 0 Å². The van der Waals surface area contributed by atoms with Gasteiger partial charge in [-0.15, -0.1) is 0 Å². The third-order valence-corrected chi connectivity index (χ3v) is 6.07. The van der Waals surface area contributed by atoms with Crippen LogP contribution in [0.5, 0.6) is 0 Å². The fourth-order valence-electron chi connectivity index (χ4n) is 2.72. The van der Waals surface area contributed by atoms with E-state index < -0.39 is 0 Å². The second kappa shape index (κ2) is 7.26. The van der Waals surface area contributed by atoms with E-state index in [0.29, 0.717) is 0 Å². The Kier molecular flexibility index (Phi) is 4.90. The Morgan fingerprint density at radius 3 is 2.43 bits per heavy atom. The number of benzene rings is 2. The molecule has 0 aromatic heterocycles. The Morgan fingerprint density at radius 1 is 0.957 bits per heavy atom. The summed E-state index contributed by atoms with van der Waals surface area (Å²) in [5, 5.41) is 1.41. The highest BCUT2D eigenvalue weighted by atomic mass is 31.1. The van der Waals surface area contributed by atoms with Gasteiger partial charge in [-0.05, 0) is 36.3 Å². The lowest BCUT2D eigenvalue weighted by Crippen LogP contribution is -1.98. The first-order valence-corrected chi connectivity index (χ1v) is 9.26. The lowest BCUT2D eigenvalue weighted by Gasteiger charge is -2.08. The summed E-state index contributed by atoms with van der Waals surface area (Å²) >= 11 is 0. The molecule has 2 aromatic rings. The van der Waals surface area contributed by atoms with Gasteiger partial charge in [-0.2, -0.15) is 0 Å². The van der Waals surface area contributed by atoms with Gasteiger partial charge in [-0.3, -0.25) is 0 Å². The normalized spacial score (nSPS) is 19.2. The molecule has 3 rings (SSSR count). The van der Waals surface area contributed by atoms with Crippen molar-refractivity contribution in [2.75, 3.05) is 11.9 Å². The zero-order valence-corrected chi connectivity index (χ0v) is 13.9. The average Bonchev–Trinajstić information content (AvgIpc) is 3.00. The van der Waals surface area contributed by atoms with Gasteiger partial charge in [0.25, 0.3) is 0 Å². The van der Waals surface area contributed by atoms with Crippen LogP contribution in [0.3, 0.4) is 0 Å². The summed E-state index contributed by atoms with van der Waals surface area (Å²) in [6, 6.07) is 18.8. The van der Waals surface area contributed by atoms with Crippen molar-refractivity contribution in [2.24, 2.45) is 0 Å². The highest BCUT2D eigenvalue weighted by Gasteiger charge is 2.23. The number of anilines is 1. The van der Waals surface area contributed by atoms with Gasteiger partial charge in [0.15, 0.2) is 0 Å². The summed E-state index contributed by atoms with van der Waals surface area (Å²) in [6.07, 6.45) is 9.06. The van der Waals surface area contributed by atoms with Crippen LogP contribution in [-0.4, -0.2) is 6.16 Å². The van der Waals surface area contributed by atoms with E-state index in [2.05, 4.69) is 60.9 Å². The first-order valence-electron chi connectivity index (χ1n) is 7.66. The van der Waals surface area contributed by atoms with Crippen molar-refractivity contribution in [3.05, 3.63) is 102 Å². The fourth-order valence-corrected chi connectivity index (χ4v) is 4.95. The molecule has 23 heavy (non-hydrogen) atoms. The quantitative estimate of drug-likeness (QED) is 0.474. The molecule has 0 saturated heterocycles. The number of rotatable bonds is 4. The van der Waals surface area contributed by atoms with Crippen LogP contribution in [0.15, 0.2) is 96.9 Å². The summed E-state index contributed by atoms with van der Waals surface area (Å²) in [6.45, 7) is 3.73. The first kappa shape index (κ1) is 15.5. The van der Waals surface area contributed by atoms with Crippen LogP contribution in [0.2, 0.25) is 0 Å². The van der Waals surface area contributed by atoms with Gasteiger partial charge in [0.05, 0.1) is 0 Å². The molecular weight excluding hydrogens is 297 g/mol. The zero-order chi connectivity index (χ0) is 16.1. The van der Waals surface area contributed by atoms with Crippen LogP contribution >= 0.6 is 7.92 Å². The predicted molar refractivity (Wildman–Crippen MR) is 104 cm³/mol. The number of nitrogens with two attached hydrogens (primary N) is 1. The van der Waals surface area contributed by atoms with Crippen molar-refractivity contribution < 1.29 is 0 Å². The second-order valence-corrected chi connectivity index (χ2v) is 7.44. The van der Waals surface area contributed by atoms with Gasteiger partial charge in [0.1, 0.15) is 0 Å². The summed E-state index contributed by atoms with van der Waals surface area (Å²) in [7, 11) is -0.321. The molecule has 1 nitrogen and oxygen atoms in total. The van der Waals surface area contributed by atoms with E-state index in [1.807, 2.05) is 24.3 Å². The molecule has 2 aromatic carbocycles. The highest BCUT2D eigenvalue weighted by Crippen LogP contribution is 2.51. The molecule has 2 heteroatoms. The maximum absolute atomic E-state index is 6.21. The van der Waals surface area contributed by atoms with E-state index >= 15 is 0 Å². The van der Waals surface area contributed by atoms with Gasteiger partial charge in [0.2, 0.25) is 0 Å². The minimum absolute atomic E-state index is 0.321. The van der Waals surface area contributed by atoms with Crippen LogP contribution in [0.1, 0.15) is 5.56 Å². The molecule has 0 saturated carbocycles. The number of para-hydroxylation sites is 1. The molecule has 0 spiro atoms. The summed E-state index contributed by atoms with van der Waals surface area (Å²) in [5.41, 5.74) is 10.8. The maximum atomic E-state index is 6.21. The second-order valence-electron chi connectivity index (χ2n) is 5.41. The number of nitrogen functional groups attached to an aromatic ring is 1. The van der Waals surface area contributed by atoms with E-state index in [4.69, 9.17) is 5.73 Å². The molecule has 0 aliphatic carbocycles. The van der Waals surface area contributed by atoms with Gasteiger partial charge in [0, 0.05) is 17.4 Å². The monoisotopic (exact) mass is 317 g/mol. The van der Waals surface area contributed by atoms with Gasteiger partial charge in [-0.25, -0.2) is 0 Å². The maximum Gasteiger partial charge on any atom is 0.0393 e. The molecule has 114 valence electrons. The molecule has 0 amide bonds. The van der Waals surface area contributed by atoms with E-state index in [-0.39, 0.29) is 7.92 Å². The molecule has 0 bridgehead atoms. The first-order chi connectivity index (χ1) is 11.3. The molecular formula is C21H20NP. The molecule has 1 unspecified atom stereocenters. The largest absolute Gasteiger partial charge is 0.398 e. The van der Waals surface area contributed by atoms with E-state index in [9.17, 15) is 0 Å². The number of hydrogen-bond acceptors (Lipinski definition) is 1. The van der Waals surface area contributed by atoms with Crippen LogP contribution in [0.25, 0.3) is 5.57 Å². The average molecular weight is 317 g/mol. The summed E-state index contributed by atoms with van der Waals surface area (Å²) in [5.74, 6) is 2.41. The van der Waals surface area contributed by atoms with E-state index in [1.54, 1.807) is 6.08 Å². The Hall–Kier alpha value is -2.37. The molecule has 1 heterocycles. The van der Waals surface area contributed by atoms with Crippen molar-refractivity contribution in [3.8, 4) is 0 Å². The van der Waals surface area contributed by atoms with Crippen molar-refractivity contribution >= 4 is 24.5 Å². The lowest BCUT2D eigenvalue weighted by atomic mass is 9.99. The zero-order valence-electron chi connectivity index (χ0n) is 13.0. The summed E-state index contributed by atoms with van der Waals surface area (Å²) < 4.78 is 0. The molecule has 1 atom stereocenters. The molecule has 2 N–H and O–H groups in total. The molecule has 1 aliphatic rings. The Labute approximate surface area is 139 Å². The third kappa shape index (κ3) is 3.52. The number of hydrogen-bond donors (Lipinski definition) is 1. The van der Waals surface area contributed by atoms with Gasteiger partial charge < -0.3 is 5.73 Å². The van der Waals surface area contributed by atoms with Gasteiger partial charge >= 0.3 is 0 Å². The third-order valence-electron chi connectivity index (χ3n) is 3.85. The Morgan fingerprint density at radius 2 is 1.70 bits per heavy atom. The predicted octanol–water partition coefficient (Wildman–Crippen LogP) is 5.10. The smallest absolute Gasteiger partial charge is 0.0393 e. The Bertz CT molecular complexity index is 784. The fraction of sp³-hybridized carbons (Fsp3) is 0.0476. The highest BCUT2D eigenvalue weighted by molar-refractivity contribution is 7.69. The van der Waals surface area contributed by atoms with E-state index in [0.717, 1.165) is 17.4 Å².